The van der Waals surface area contributed by atoms with E-state index in [2.05, 4.69) is 25.0 Å². The molecular formula is C26H30ClFN8O3. The normalized spacial score (nSPS) is 16.2. The maximum atomic E-state index is 15.3. The van der Waals surface area contributed by atoms with Crippen molar-refractivity contribution in [3.8, 4) is 22.9 Å². The van der Waals surface area contributed by atoms with E-state index in [4.69, 9.17) is 21.1 Å². The van der Waals surface area contributed by atoms with E-state index in [-0.39, 0.29) is 34.5 Å². The summed E-state index contributed by atoms with van der Waals surface area (Å²) in [6.45, 7) is 10.5. The van der Waals surface area contributed by atoms with Gasteiger partial charge < -0.3 is 24.3 Å². The van der Waals surface area contributed by atoms with Crippen LogP contribution in [0.5, 0.6) is 11.5 Å². The van der Waals surface area contributed by atoms with Gasteiger partial charge in [-0.15, -0.1) is 0 Å². The molecule has 39 heavy (non-hydrogen) atoms. The number of hydrogen-bond acceptors (Lipinski definition) is 8. The zero-order valence-corrected chi connectivity index (χ0v) is 23.4. The Hall–Kier alpha value is -3.93. The molecule has 0 spiro atoms. The molecular weight excluding hydrogens is 527 g/mol. The van der Waals surface area contributed by atoms with Gasteiger partial charge in [0.15, 0.2) is 23.0 Å². The van der Waals surface area contributed by atoms with Crippen LogP contribution in [0.4, 0.5) is 15.0 Å². The standard InChI is InChI=1S/C26H30ClFN8O3/c1-14-12-35(7-8-36(14)25(37)39-26(3,4)5)24-19(28)9-16(10-30-24)38-21-18(27)11-29-23-20(21)31-22(32-23)17-13-34(6)33-15(17)2/h9-11,13-14H,7-8,12H2,1-6H3,(H,29,31,32)/t14-/m0/s1. The molecule has 4 aromatic heterocycles. The lowest BCUT2D eigenvalue weighted by Gasteiger charge is -2.40. The van der Waals surface area contributed by atoms with E-state index in [1.807, 2.05) is 47.9 Å². The fraction of sp³-hybridized carbons (Fsp3) is 0.423. The molecule has 1 fully saturated rings. The SMILES string of the molecule is Cc1nn(C)cc1-c1nc2ncc(Cl)c(Oc3cnc(N4CCN(C(=O)OC(C)(C)C)[C@@H](C)C4)c(F)c3)c2[nH]1. The van der Waals surface area contributed by atoms with Crippen molar-refractivity contribution < 1.29 is 18.7 Å². The predicted molar refractivity (Wildman–Crippen MR) is 145 cm³/mol. The van der Waals surface area contributed by atoms with Gasteiger partial charge in [-0.2, -0.15) is 5.10 Å². The molecule has 1 aliphatic rings. The Morgan fingerprint density at radius 1 is 1.23 bits per heavy atom. The van der Waals surface area contributed by atoms with E-state index < -0.39 is 11.4 Å². The molecule has 1 amide bonds. The molecule has 1 N–H and O–H groups in total. The number of pyridine rings is 2. The number of aromatic amines is 1. The number of aromatic nitrogens is 6. The molecule has 5 rings (SSSR count). The van der Waals surface area contributed by atoms with Crippen LogP contribution in [0, 0.1) is 12.7 Å². The van der Waals surface area contributed by atoms with Crippen LogP contribution in [0.2, 0.25) is 5.02 Å². The molecule has 206 valence electrons. The van der Waals surface area contributed by atoms with E-state index in [1.54, 1.807) is 14.5 Å². The van der Waals surface area contributed by atoms with Crippen molar-refractivity contribution in [2.45, 2.75) is 46.3 Å². The number of fused-ring (bicyclic) bond motifs is 1. The van der Waals surface area contributed by atoms with Crippen LogP contribution in [0.15, 0.2) is 24.7 Å². The smallest absolute Gasteiger partial charge is 0.410 e. The number of halogens is 2. The van der Waals surface area contributed by atoms with Crippen LogP contribution in [0.1, 0.15) is 33.4 Å². The summed E-state index contributed by atoms with van der Waals surface area (Å²) in [7, 11) is 1.83. The first-order valence-corrected chi connectivity index (χ1v) is 12.9. The van der Waals surface area contributed by atoms with Crippen molar-refractivity contribution >= 4 is 34.7 Å². The lowest BCUT2D eigenvalue weighted by Crippen LogP contribution is -2.55. The molecule has 1 aliphatic heterocycles. The number of ether oxygens (including phenoxy) is 2. The van der Waals surface area contributed by atoms with Crippen molar-refractivity contribution in [3.05, 3.63) is 41.2 Å². The number of hydrogen-bond donors (Lipinski definition) is 1. The summed E-state index contributed by atoms with van der Waals surface area (Å²) in [5, 5.41) is 4.59. The van der Waals surface area contributed by atoms with Gasteiger partial charge in [-0.25, -0.2) is 24.1 Å². The number of anilines is 1. The first-order chi connectivity index (χ1) is 18.4. The Morgan fingerprint density at radius 2 is 2.00 bits per heavy atom. The number of amides is 1. The van der Waals surface area contributed by atoms with Crippen molar-refractivity contribution in [3.63, 3.8) is 0 Å². The minimum atomic E-state index is -0.587. The van der Waals surface area contributed by atoms with Gasteiger partial charge in [-0.1, -0.05) is 11.6 Å². The summed E-state index contributed by atoms with van der Waals surface area (Å²) in [6.07, 6.45) is 4.34. The second kappa shape index (κ2) is 9.99. The first kappa shape index (κ1) is 26.7. The van der Waals surface area contributed by atoms with E-state index in [0.717, 1.165) is 11.3 Å². The highest BCUT2D eigenvalue weighted by molar-refractivity contribution is 6.32. The molecule has 1 saturated heterocycles. The molecule has 11 nitrogen and oxygen atoms in total. The Bertz CT molecular complexity index is 1550. The highest BCUT2D eigenvalue weighted by Gasteiger charge is 2.32. The Kier molecular flexibility index (Phi) is 6.83. The Labute approximate surface area is 229 Å². The fourth-order valence-corrected chi connectivity index (χ4v) is 4.71. The number of rotatable bonds is 4. The van der Waals surface area contributed by atoms with Crippen LogP contribution in [-0.2, 0) is 11.8 Å². The van der Waals surface area contributed by atoms with Crippen molar-refractivity contribution in [1.29, 1.82) is 0 Å². The van der Waals surface area contributed by atoms with Crippen molar-refractivity contribution in [2.24, 2.45) is 7.05 Å². The Morgan fingerprint density at radius 3 is 2.64 bits per heavy atom. The molecule has 0 bridgehead atoms. The maximum Gasteiger partial charge on any atom is 0.410 e. The molecule has 4 aromatic rings. The van der Waals surface area contributed by atoms with E-state index in [9.17, 15) is 4.79 Å². The molecule has 5 heterocycles. The largest absolute Gasteiger partial charge is 0.452 e. The highest BCUT2D eigenvalue weighted by Crippen LogP contribution is 2.37. The van der Waals surface area contributed by atoms with Crippen LogP contribution in [0.3, 0.4) is 0 Å². The van der Waals surface area contributed by atoms with Gasteiger partial charge in [-0.3, -0.25) is 4.68 Å². The fourth-order valence-electron chi connectivity index (χ4n) is 4.53. The predicted octanol–water partition coefficient (Wildman–Crippen LogP) is 5.09. The maximum absolute atomic E-state index is 15.3. The lowest BCUT2D eigenvalue weighted by molar-refractivity contribution is 0.0158. The van der Waals surface area contributed by atoms with Crippen LogP contribution >= 0.6 is 11.6 Å². The number of H-pyrrole nitrogens is 1. The number of piperazine rings is 1. The first-order valence-electron chi connectivity index (χ1n) is 12.5. The molecule has 0 aliphatic carbocycles. The van der Waals surface area contributed by atoms with Gasteiger partial charge in [0.1, 0.15) is 27.7 Å². The number of carbonyl (C=O) groups is 1. The Balaban J connectivity index is 1.35. The highest BCUT2D eigenvalue weighted by atomic mass is 35.5. The van der Waals surface area contributed by atoms with Gasteiger partial charge in [0.05, 0.1) is 23.7 Å². The molecule has 0 aromatic carbocycles. The molecule has 13 heteroatoms. The number of nitrogens with zero attached hydrogens (tertiary/aromatic N) is 7. The second-order valence-electron chi connectivity index (χ2n) is 10.6. The van der Waals surface area contributed by atoms with Gasteiger partial charge in [-0.05, 0) is 34.6 Å². The molecule has 1 atom stereocenters. The molecule has 0 saturated carbocycles. The number of aryl methyl sites for hydroxylation is 2. The van der Waals surface area contributed by atoms with Crippen molar-refractivity contribution in [2.75, 3.05) is 24.5 Å². The average molecular weight is 557 g/mol. The summed E-state index contributed by atoms with van der Waals surface area (Å²) in [5.74, 6) is 0.618. The number of carbonyl (C=O) groups excluding carboxylic acids is 1. The van der Waals surface area contributed by atoms with Gasteiger partial charge in [0, 0.05) is 45.0 Å². The third-order valence-corrected chi connectivity index (χ3v) is 6.54. The van der Waals surface area contributed by atoms with E-state index in [0.29, 0.717) is 36.6 Å². The summed E-state index contributed by atoms with van der Waals surface area (Å²) in [6, 6.07) is 1.07. The zero-order chi connectivity index (χ0) is 28.1. The van der Waals surface area contributed by atoms with Crippen molar-refractivity contribution in [1.82, 2.24) is 34.6 Å². The number of imidazole rings is 1. The quantitative estimate of drug-likeness (QED) is 0.369. The van der Waals surface area contributed by atoms with Crippen LogP contribution < -0.4 is 9.64 Å². The average Bonchev–Trinajstić information content (AvgIpc) is 3.42. The third-order valence-electron chi connectivity index (χ3n) is 6.27. The van der Waals surface area contributed by atoms with Crippen LogP contribution in [-0.4, -0.2) is 72.0 Å². The molecule has 0 unspecified atom stereocenters. The van der Waals surface area contributed by atoms with Crippen LogP contribution in [0.25, 0.3) is 22.6 Å². The lowest BCUT2D eigenvalue weighted by atomic mass is 10.2. The summed E-state index contributed by atoms with van der Waals surface area (Å²) >= 11 is 6.42. The number of nitrogens with one attached hydrogen (secondary N) is 1. The minimum Gasteiger partial charge on any atom is -0.452 e. The zero-order valence-electron chi connectivity index (χ0n) is 22.6. The van der Waals surface area contributed by atoms with Gasteiger partial charge >= 0.3 is 6.09 Å². The monoisotopic (exact) mass is 556 g/mol. The summed E-state index contributed by atoms with van der Waals surface area (Å²) in [4.78, 5) is 32.4. The minimum absolute atomic E-state index is 0.166. The third kappa shape index (κ3) is 5.47. The van der Waals surface area contributed by atoms with Gasteiger partial charge in [0.25, 0.3) is 0 Å². The topological polar surface area (TPSA) is 114 Å². The van der Waals surface area contributed by atoms with E-state index >= 15 is 4.39 Å². The second-order valence-corrected chi connectivity index (χ2v) is 11.0. The van der Waals surface area contributed by atoms with E-state index in [1.165, 1.54) is 18.5 Å². The summed E-state index contributed by atoms with van der Waals surface area (Å²) < 4.78 is 28.4. The molecule has 0 radical (unpaired) electrons. The summed E-state index contributed by atoms with van der Waals surface area (Å²) in [5.41, 5.74) is 1.90. The van der Waals surface area contributed by atoms with Gasteiger partial charge in [0.2, 0.25) is 0 Å².